The minimum Gasteiger partial charge on any atom is -0.462 e. The van der Waals surface area contributed by atoms with Gasteiger partial charge in [-0.1, -0.05) is 23.4 Å². The second kappa shape index (κ2) is 8.20. The molecule has 134 valence electrons. The summed E-state index contributed by atoms with van der Waals surface area (Å²) < 4.78 is 4.92. The maximum absolute atomic E-state index is 12.1. The highest BCUT2D eigenvalue weighted by Crippen LogP contribution is 2.20. The van der Waals surface area contributed by atoms with Crippen molar-refractivity contribution in [1.29, 1.82) is 0 Å². The molecule has 3 aromatic rings. The zero-order valence-electron chi connectivity index (χ0n) is 13.8. The molecule has 7 nitrogen and oxygen atoms in total. The first-order valence-corrected chi connectivity index (χ1v) is 9.12. The van der Waals surface area contributed by atoms with Crippen molar-refractivity contribution in [3.05, 3.63) is 47.1 Å². The van der Waals surface area contributed by atoms with Crippen LogP contribution in [0.3, 0.4) is 0 Å². The van der Waals surface area contributed by atoms with Gasteiger partial charge in [-0.05, 0) is 37.3 Å². The molecule has 0 saturated heterocycles. The number of anilines is 1. The van der Waals surface area contributed by atoms with E-state index in [1.165, 1.54) is 18.0 Å². The summed E-state index contributed by atoms with van der Waals surface area (Å²) in [7, 11) is 0. The smallest absolute Gasteiger partial charge is 0.338 e. The zero-order chi connectivity index (χ0) is 18.5. The zero-order valence-corrected chi connectivity index (χ0v) is 15.4. The highest BCUT2D eigenvalue weighted by molar-refractivity contribution is 7.99. The minimum atomic E-state index is -0.389. The molecule has 0 aliphatic heterocycles. The number of aromatic amines is 1. The Morgan fingerprint density at radius 3 is 2.81 bits per heavy atom. The lowest BCUT2D eigenvalue weighted by atomic mass is 10.2. The van der Waals surface area contributed by atoms with Crippen LogP contribution in [0.5, 0.6) is 0 Å². The molecule has 3 rings (SSSR count). The first kappa shape index (κ1) is 18.2. The van der Waals surface area contributed by atoms with Crippen molar-refractivity contribution >= 4 is 52.1 Å². The number of thioether (sulfide) groups is 1. The number of amides is 1. The average molecular weight is 391 g/mol. The summed E-state index contributed by atoms with van der Waals surface area (Å²) in [5, 5.41) is 3.86. The molecule has 0 aliphatic rings. The molecule has 2 N–H and O–H groups in total. The van der Waals surface area contributed by atoms with Crippen LogP contribution in [0.25, 0.3) is 11.2 Å². The molecule has 26 heavy (non-hydrogen) atoms. The molecule has 9 heteroatoms. The number of hydrogen-bond donors (Lipinski definition) is 2. The van der Waals surface area contributed by atoms with Gasteiger partial charge >= 0.3 is 5.97 Å². The lowest BCUT2D eigenvalue weighted by molar-refractivity contribution is -0.113. The van der Waals surface area contributed by atoms with E-state index in [9.17, 15) is 9.59 Å². The van der Waals surface area contributed by atoms with Crippen LogP contribution in [-0.2, 0) is 9.53 Å². The molecule has 0 unspecified atom stereocenters. The van der Waals surface area contributed by atoms with E-state index < -0.39 is 0 Å². The third-order valence-electron chi connectivity index (χ3n) is 3.30. The fourth-order valence-corrected chi connectivity index (χ4v) is 2.99. The molecule has 0 spiro atoms. The Hall–Kier alpha value is -2.58. The summed E-state index contributed by atoms with van der Waals surface area (Å²) in [4.78, 5) is 35.1. The van der Waals surface area contributed by atoms with Crippen molar-refractivity contribution in [1.82, 2.24) is 15.0 Å². The van der Waals surface area contributed by atoms with Crippen molar-refractivity contribution < 1.29 is 14.3 Å². The van der Waals surface area contributed by atoms with Gasteiger partial charge in [-0.3, -0.25) is 4.79 Å². The molecule has 0 aliphatic carbocycles. The quantitative estimate of drug-likeness (QED) is 0.493. The van der Waals surface area contributed by atoms with E-state index in [1.807, 2.05) is 0 Å². The number of carbonyl (C=O) groups excluding carboxylic acids is 2. The predicted octanol–water partition coefficient (Wildman–Crippen LogP) is 3.52. The van der Waals surface area contributed by atoms with E-state index in [0.717, 1.165) is 5.52 Å². The molecule has 0 atom stereocenters. The Kier molecular flexibility index (Phi) is 5.75. The first-order chi connectivity index (χ1) is 12.5. The standard InChI is InChI=1S/C17H15ClN4O3S/c1-2-25-16(24)10-3-5-12(6-4-10)20-14(23)9-26-17-21-13-7-11(18)8-19-15(13)22-17/h3-8H,2,9H2,1H3,(H,20,23)(H,19,21,22). The second-order valence-electron chi connectivity index (χ2n) is 5.20. The lowest BCUT2D eigenvalue weighted by Gasteiger charge is -2.06. The van der Waals surface area contributed by atoms with Gasteiger partial charge in [0.25, 0.3) is 0 Å². The Morgan fingerprint density at radius 2 is 2.08 bits per heavy atom. The molecular formula is C17H15ClN4O3S. The molecule has 2 heterocycles. The Labute approximate surface area is 158 Å². The van der Waals surface area contributed by atoms with Crippen LogP contribution < -0.4 is 5.32 Å². The van der Waals surface area contributed by atoms with Crippen LogP contribution in [0.2, 0.25) is 5.02 Å². The summed E-state index contributed by atoms with van der Waals surface area (Å²) in [6.45, 7) is 2.06. The van der Waals surface area contributed by atoms with Crippen molar-refractivity contribution in [2.45, 2.75) is 12.1 Å². The fraction of sp³-hybridized carbons (Fsp3) is 0.176. The van der Waals surface area contributed by atoms with Gasteiger partial charge in [-0.25, -0.2) is 14.8 Å². The Morgan fingerprint density at radius 1 is 1.31 bits per heavy atom. The number of nitrogens with one attached hydrogen (secondary N) is 2. The highest BCUT2D eigenvalue weighted by Gasteiger charge is 2.10. The van der Waals surface area contributed by atoms with Crippen LogP contribution in [0.4, 0.5) is 5.69 Å². The topological polar surface area (TPSA) is 97.0 Å². The normalized spacial score (nSPS) is 10.7. The largest absolute Gasteiger partial charge is 0.462 e. The number of fused-ring (bicyclic) bond motifs is 1. The summed E-state index contributed by atoms with van der Waals surface area (Å²) in [5.41, 5.74) is 2.30. The van der Waals surface area contributed by atoms with Crippen molar-refractivity contribution in [2.75, 3.05) is 17.7 Å². The number of esters is 1. The fourth-order valence-electron chi connectivity index (χ4n) is 2.16. The van der Waals surface area contributed by atoms with Gasteiger partial charge in [-0.15, -0.1) is 0 Å². The van der Waals surface area contributed by atoms with E-state index in [-0.39, 0.29) is 17.6 Å². The number of aromatic nitrogens is 3. The van der Waals surface area contributed by atoms with Gasteiger partial charge in [0.15, 0.2) is 10.8 Å². The number of ether oxygens (including phenoxy) is 1. The molecule has 0 fully saturated rings. The monoisotopic (exact) mass is 390 g/mol. The van der Waals surface area contributed by atoms with Gasteiger partial charge in [0, 0.05) is 11.9 Å². The number of halogens is 1. The van der Waals surface area contributed by atoms with Gasteiger partial charge in [0.05, 0.1) is 28.5 Å². The number of carbonyl (C=O) groups is 2. The van der Waals surface area contributed by atoms with Crippen LogP contribution in [-0.4, -0.2) is 39.2 Å². The van der Waals surface area contributed by atoms with Crippen LogP contribution in [0.15, 0.2) is 41.7 Å². The van der Waals surface area contributed by atoms with Crippen LogP contribution >= 0.6 is 23.4 Å². The number of H-pyrrole nitrogens is 1. The van der Waals surface area contributed by atoms with Gasteiger partial charge in [0.1, 0.15) is 0 Å². The Bertz CT molecular complexity index is 943. The summed E-state index contributed by atoms with van der Waals surface area (Å²) in [5.74, 6) is -0.405. The van der Waals surface area contributed by atoms with E-state index in [0.29, 0.717) is 33.7 Å². The molecule has 1 aromatic carbocycles. The van der Waals surface area contributed by atoms with Crippen LogP contribution in [0.1, 0.15) is 17.3 Å². The first-order valence-electron chi connectivity index (χ1n) is 7.76. The van der Waals surface area contributed by atoms with Crippen molar-refractivity contribution in [2.24, 2.45) is 0 Å². The second-order valence-corrected chi connectivity index (χ2v) is 6.60. The van der Waals surface area contributed by atoms with Crippen molar-refractivity contribution in [3.63, 3.8) is 0 Å². The molecule has 0 bridgehead atoms. The number of imidazole rings is 1. The summed E-state index contributed by atoms with van der Waals surface area (Å²) in [6.07, 6.45) is 1.52. The maximum atomic E-state index is 12.1. The molecule has 1 amide bonds. The van der Waals surface area contributed by atoms with E-state index >= 15 is 0 Å². The molecule has 0 saturated carbocycles. The molecule has 2 aromatic heterocycles. The minimum absolute atomic E-state index is 0.174. The predicted molar refractivity (Wildman–Crippen MR) is 101 cm³/mol. The van der Waals surface area contributed by atoms with E-state index in [1.54, 1.807) is 37.3 Å². The van der Waals surface area contributed by atoms with Crippen molar-refractivity contribution in [3.8, 4) is 0 Å². The number of rotatable bonds is 6. The summed E-state index contributed by atoms with van der Waals surface area (Å²) in [6, 6.07) is 8.25. The number of benzene rings is 1. The highest BCUT2D eigenvalue weighted by atomic mass is 35.5. The van der Waals surface area contributed by atoms with Gasteiger partial charge < -0.3 is 15.0 Å². The molecule has 0 radical (unpaired) electrons. The number of nitrogens with zero attached hydrogens (tertiary/aromatic N) is 2. The third kappa shape index (κ3) is 4.53. The summed E-state index contributed by atoms with van der Waals surface area (Å²) >= 11 is 7.14. The van der Waals surface area contributed by atoms with E-state index in [4.69, 9.17) is 16.3 Å². The SMILES string of the molecule is CCOC(=O)c1ccc(NC(=O)CSc2nc3ncc(Cl)cc3[nH]2)cc1. The number of pyridine rings is 1. The van der Waals surface area contributed by atoms with Gasteiger partial charge in [-0.2, -0.15) is 0 Å². The average Bonchev–Trinajstić information content (AvgIpc) is 3.03. The van der Waals surface area contributed by atoms with Gasteiger partial charge in [0.2, 0.25) is 5.91 Å². The maximum Gasteiger partial charge on any atom is 0.338 e. The number of hydrogen-bond acceptors (Lipinski definition) is 6. The lowest BCUT2D eigenvalue weighted by Crippen LogP contribution is -2.14. The van der Waals surface area contributed by atoms with Crippen LogP contribution in [0, 0.1) is 0 Å². The molecular weight excluding hydrogens is 376 g/mol. The van der Waals surface area contributed by atoms with E-state index in [2.05, 4.69) is 20.3 Å². The third-order valence-corrected chi connectivity index (χ3v) is 4.38. The Balaban J connectivity index is 1.55.